The van der Waals surface area contributed by atoms with Crippen LogP contribution in [0.25, 0.3) is 10.8 Å². The van der Waals surface area contributed by atoms with Crippen LogP contribution in [0.2, 0.25) is 0 Å². The minimum absolute atomic E-state index is 0.167. The van der Waals surface area contributed by atoms with Gasteiger partial charge in [0.25, 0.3) is 0 Å². The molecule has 3 rings (SSSR count). The van der Waals surface area contributed by atoms with Crippen molar-refractivity contribution >= 4 is 16.7 Å². The predicted molar refractivity (Wildman–Crippen MR) is 100 cm³/mol. The highest BCUT2D eigenvalue weighted by molar-refractivity contribution is 5.83. The van der Waals surface area contributed by atoms with Crippen LogP contribution >= 0.6 is 0 Å². The van der Waals surface area contributed by atoms with Crippen LogP contribution in [0.3, 0.4) is 0 Å². The van der Waals surface area contributed by atoms with Crippen molar-refractivity contribution in [3.63, 3.8) is 0 Å². The Balaban J connectivity index is 1.54. The quantitative estimate of drug-likeness (QED) is 0.881. The molecule has 1 saturated carbocycles. The monoisotopic (exact) mass is 324 g/mol. The third kappa shape index (κ3) is 4.15. The van der Waals surface area contributed by atoms with Crippen LogP contribution in [-0.4, -0.2) is 25.0 Å². The maximum Gasteiger partial charge on any atom is 0.223 e. The third-order valence-corrected chi connectivity index (χ3v) is 5.25. The first kappa shape index (κ1) is 17.0. The Hall–Kier alpha value is -1.87. The van der Waals surface area contributed by atoms with Gasteiger partial charge in [-0.1, -0.05) is 42.5 Å². The number of carbonyl (C=O) groups is 1. The number of hydrogen-bond donors (Lipinski definition) is 2. The molecule has 2 aromatic carbocycles. The summed E-state index contributed by atoms with van der Waals surface area (Å²) >= 11 is 0. The molecule has 3 heteroatoms. The summed E-state index contributed by atoms with van der Waals surface area (Å²) in [5, 5.41) is 9.07. The van der Waals surface area contributed by atoms with Crippen LogP contribution in [0.4, 0.5) is 0 Å². The van der Waals surface area contributed by atoms with Crippen molar-refractivity contribution < 1.29 is 4.79 Å². The molecule has 0 heterocycles. The first-order valence-corrected chi connectivity index (χ1v) is 9.11. The molecule has 0 bridgehead atoms. The van der Waals surface area contributed by atoms with E-state index in [4.69, 9.17) is 0 Å². The van der Waals surface area contributed by atoms with Gasteiger partial charge in [0.1, 0.15) is 0 Å². The number of hydrogen-bond acceptors (Lipinski definition) is 2. The fourth-order valence-corrected chi connectivity index (χ4v) is 3.78. The minimum atomic E-state index is 0.167. The molecule has 2 N–H and O–H groups in total. The van der Waals surface area contributed by atoms with Gasteiger partial charge in [0.05, 0.1) is 0 Å². The van der Waals surface area contributed by atoms with Gasteiger partial charge in [-0.25, -0.2) is 0 Å². The average molecular weight is 324 g/mol. The second-order valence-corrected chi connectivity index (χ2v) is 7.13. The molecule has 0 saturated heterocycles. The zero-order valence-corrected chi connectivity index (χ0v) is 14.7. The Morgan fingerprint density at radius 2 is 1.79 bits per heavy atom. The van der Waals surface area contributed by atoms with Crippen molar-refractivity contribution in [3.05, 3.63) is 48.0 Å². The summed E-state index contributed by atoms with van der Waals surface area (Å²) in [5.74, 6) is 0.423. The van der Waals surface area contributed by atoms with E-state index >= 15 is 0 Å². The van der Waals surface area contributed by atoms with Crippen molar-refractivity contribution in [2.45, 2.75) is 51.1 Å². The summed E-state index contributed by atoms with van der Waals surface area (Å²) < 4.78 is 0. The molecule has 1 amide bonds. The molecule has 0 aromatic heterocycles. The summed E-state index contributed by atoms with van der Waals surface area (Å²) in [5.41, 5.74) is 1.28. The van der Waals surface area contributed by atoms with Crippen molar-refractivity contribution in [1.29, 1.82) is 0 Å². The maximum atomic E-state index is 12.5. The molecule has 1 aliphatic carbocycles. The Bertz CT molecular complexity index is 689. The largest absolute Gasteiger partial charge is 0.353 e. The number of nitrogens with one attached hydrogen (secondary N) is 2. The van der Waals surface area contributed by atoms with E-state index in [0.717, 1.165) is 32.1 Å². The van der Waals surface area contributed by atoms with Crippen LogP contribution in [0.5, 0.6) is 0 Å². The lowest BCUT2D eigenvalue weighted by Gasteiger charge is -2.28. The molecule has 1 aliphatic rings. The highest BCUT2D eigenvalue weighted by Gasteiger charge is 2.26. The minimum Gasteiger partial charge on any atom is -0.353 e. The normalized spacial score (nSPS) is 22.2. The Morgan fingerprint density at radius 1 is 1.08 bits per heavy atom. The van der Waals surface area contributed by atoms with Gasteiger partial charge in [-0.2, -0.15) is 0 Å². The van der Waals surface area contributed by atoms with E-state index in [-0.39, 0.29) is 17.9 Å². The van der Waals surface area contributed by atoms with Gasteiger partial charge in [0.15, 0.2) is 0 Å². The van der Waals surface area contributed by atoms with E-state index in [1.54, 1.807) is 0 Å². The number of carbonyl (C=O) groups excluding carboxylic acids is 1. The van der Waals surface area contributed by atoms with E-state index in [9.17, 15) is 4.79 Å². The molecule has 3 nitrogen and oxygen atoms in total. The molecule has 0 radical (unpaired) electrons. The van der Waals surface area contributed by atoms with Gasteiger partial charge >= 0.3 is 0 Å². The molecule has 0 aliphatic heterocycles. The highest BCUT2D eigenvalue weighted by atomic mass is 16.1. The first-order valence-electron chi connectivity index (χ1n) is 9.11. The van der Waals surface area contributed by atoms with Crippen molar-refractivity contribution in [2.75, 3.05) is 7.05 Å². The summed E-state index contributed by atoms with van der Waals surface area (Å²) in [6, 6.07) is 15.7. The van der Waals surface area contributed by atoms with Crippen LogP contribution in [0.1, 0.15) is 38.2 Å². The summed E-state index contributed by atoms with van der Waals surface area (Å²) in [6.07, 6.45) is 5.09. The predicted octanol–water partition coefficient (Wildman–Crippen LogP) is 3.67. The second kappa shape index (κ2) is 7.80. The fourth-order valence-electron chi connectivity index (χ4n) is 3.78. The smallest absolute Gasteiger partial charge is 0.223 e. The lowest BCUT2D eigenvalue weighted by Crippen LogP contribution is -2.41. The molecule has 128 valence electrons. The number of benzene rings is 2. The molecule has 2 aromatic rings. The Morgan fingerprint density at radius 3 is 2.50 bits per heavy atom. The third-order valence-electron chi connectivity index (χ3n) is 5.25. The van der Waals surface area contributed by atoms with E-state index in [1.165, 1.54) is 16.3 Å². The van der Waals surface area contributed by atoms with Crippen LogP contribution in [0, 0.1) is 5.92 Å². The lowest BCUT2D eigenvalue weighted by atomic mass is 9.85. The summed E-state index contributed by atoms with van der Waals surface area (Å²) in [4.78, 5) is 12.5. The lowest BCUT2D eigenvalue weighted by molar-refractivity contribution is -0.126. The van der Waals surface area contributed by atoms with Gasteiger partial charge < -0.3 is 10.6 Å². The van der Waals surface area contributed by atoms with Crippen molar-refractivity contribution in [1.82, 2.24) is 10.6 Å². The van der Waals surface area contributed by atoms with Gasteiger partial charge in [0, 0.05) is 18.0 Å². The maximum absolute atomic E-state index is 12.5. The molecule has 1 fully saturated rings. The highest BCUT2D eigenvalue weighted by Crippen LogP contribution is 2.24. The van der Waals surface area contributed by atoms with Gasteiger partial charge in [-0.3, -0.25) is 4.79 Å². The van der Waals surface area contributed by atoms with Crippen LogP contribution < -0.4 is 10.6 Å². The summed E-state index contributed by atoms with van der Waals surface area (Å²) in [6.45, 7) is 2.10. The molecular weight excluding hydrogens is 296 g/mol. The van der Waals surface area contributed by atoms with Crippen molar-refractivity contribution in [2.24, 2.45) is 5.92 Å². The van der Waals surface area contributed by atoms with Gasteiger partial charge in [0.2, 0.25) is 5.91 Å². The van der Waals surface area contributed by atoms with E-state index in [0.29, 0.717) is 6.04 Å². The van der Waals surface area contributed by atoms with Gasteiger partial charge in [-0.05, 0) is 62.4 Å². The van der Waals surface area contributed by atoms with Crippen LogP contribution in [-0.2, 0) is 11.2 Å². The Kier molecular flexibility index (Phi) is 5.52. The second-order valence-electron chi connectivity index (χ2n) is 7.13. The molecular formula is C21H28N2O. The number of fused-ring (bicyclic) bond motifs is 1. The molecule has 0 unspecified atom stereocenters. The zero-order chi connectivity index (χ0) is 16.9. The first-order chi connectivity index (χ1) is 11.7. The fraction of sp³-hybridized carbons (Fsp3) is 0.476. The number of amides is 1. The summed E-state index contributed by atoms with van der Waals surface area (Å²) in [7, 11) is 2.01. The molecule has 1 atom stereocenters. The molecule has 0 spiro atoms. The average Bonchev–Trinajstić information content (AvgIpc) is 2.61. The standard InChI is InChI=1S/C21H28N2O/c1-15(23-21(24)18-9-11-20(22-2)12-10-18)13-16-7-8-17-5-3-4-6-19(17)14-16/h3-8,14-15,18,20,22H,9-13H2,1-2H3,(H,23,24)/t15-,18?,20?/m1/s1. The number of rotatable bonds is 5. The molecule has 24 heavy (non-hydrogen) atoms. The zero-order valence-electron chi connectivity index (χ0n) is 14.7. The topological polar surface area (TPSA) is 41.1 Å². The van der Waals surface area contributed by atoms with Crippen LogP contribution in [0.15, 0.2) is 42.5 Å². The van der Waals surface area contributed by atoms with E-state index in [1.807, 2.05) is 7.05 Å². The van der Waals surface area contributed by atoms with E-state index < -0.39 is 0 Å². The SMILES string of the molecule is CNC1CCC(C(=O)N[C@H](C)Cc2ccc3ccccc3c2)CC1. The van der Waals surface area contributed by atoms with Crippen molar-refractivity contribution in [3.8, 4) is 0 Å². The van der Waals surface area contributed by atoms with E-state index in [2.05, 4.69) is 60.0 Å². The Labute approximate surface area is 144 Å². The van der Waals surface area contributed by atoms with Gasteiger partial charge in [-0.15, -0.1) is 0 Å².